The number of benzene rings is 2. The average molecular weight is 498 g/mol. The van der Waals surface area contributed by atoms with E-state index in [0.717, 1.165) is 0 Å². The fraction of sp³-hybridized carbons (Fsp3) is 0.370. The largest absolute Gasteiger partial charge is 0.485 e. The lowest BCUT2D eigenvalue weighted by Crippen LogP contribution is -2.19. The van der Waals surface area contributed by atoms with Crippen molar-refractivity contribution in [1.82, 2.24) is 0 Å². The van der Waals surface area contributed by atoms with Gasteiger partial charge in [-0.2, -0.15) is 0 Å². The number of hydrogen-bond donors (Lipinski definition) is 0. The third kappa shape index (κ3) is 6.62. The third-order valence-electron chi connectivity index (χ3n) is 5.29. The van der Waals surface area contributed by atoms with Gasteiger partial charge >= 0.3 is 23.9 Å². The van der Waals surface area contributed by atoms with Gasteiger partial charge in [-0.05, 0) is 24.1 Å². The summed E-state index contributed by atoms with van der Waals surface area (Å²) in [6.07, 6.45) is 2.34. The van der Waals surface area contributed by atoms with Gasteiger partial charge in [0.2, 0.25) is 0 Å². The Morgan fingerprint density at radius 1 is 0.722 bits per heavy atom. The zero-order valence-corrected chi connectivity index (χ0v) is 20.8. The summed E-state index contributed by atoms with van der Waals surface area (Å²) in [7, 11) is 0. The highest BCUT2D eigenvalue weighted by atomic mass is 16.6. The molecule has 0 aromatic heterocycles. The second kappa shape index (κ2) is 12.2. The lowest BCUT2D eigenvalue weighted by molar-refractivity contribution is -0.136. The summed E-state index contributed by atoms with van der Waals surface area (Å²) in [6, 6.07) is 7.89. The van der Waals surface area contributed by atoms with Crippen molar-refractivity contribution >= 4 is 23.9 Å². The molecule has 3 rings (SSSR count). The summed E-state index contributed by atoms with van der Waals surface area (Å²) in [5.41, 5.74) is 1.27. The van der Waals surface area contributed by atoms with Crippen LogP contribution in [0, 0.1) is 6.42 Å². The summed E-state index contributed by atoms with van der Waals surface area (Å²) >= 11 is 0. The van der Waals surface area contributed by atoms with Gasteiger partial charge in [0.15, 0.2) is 11.5 Å². The minimum atomic E-state index is -0.570. The Labute approximate surface area is 209 Å². The van der Waals surface area contributed by atoms with Crippen LogP contribution in [-0.2, 0) is 25.6 Å². The molecule has 1 radical (unpaired) electrons. The molecular weight excluding hydrogens is 468 g/mol. The molecule has 2 aromatic carbocycles. The van der Waals surface area contributed by atoms with Crippen LogP contribution in [0.25, 0.3) is 0 Å². The highest BCUT2D eigenvalue weighted by molar-refractivity contribution is 5.76. The number of ether oxygens (including phenoxy) is 5. The van der Waals surface area contributed by atoms with Gasteiger partial charge < -0.3 is 23.7 Å². The molecule has 0 amide bonds. The standard InChI is InChI=1S/C27H29O9/c1-5-24(28)32-17-14-21-18(22(15-17)35-26(30)7-3)10-12-19(33-21)16-9-11-20(34-25(29)6-2)23(13-16)36-27(31)8-4/h9,11-15,19H,5-8,10H2,1-4H3/t19-/m1/s1. The van der Waals surface area contributed by atoms with E-state index in [1.165, 1.54) is 6.07 Å². The molecule has 191 valence electrons. The van der Waals surface area contributed by atoms with Crippen molar-refractivity contribution in [3.05, 3.63) is 47.9 Å². The summed E-state index contributed by atoms with van der Waals surface area (Å²) in [5.74, 6) is -0.750. The van der Waals surface area contributed by atoms with Crippen molar-refractivity contribution in [3.8, 4) is 28.7 Å². The Balaban J connectivity index is 1.95. The molecule has 0 aliphatic carbocycles. The number of rotatable bonds is 9. The second-order valence-corrected chi connectivity index (χ2v) is 7.89. The summed E-state index contributed by atoms with van der Waals surface area (Å²) in [5, 5.41) is 0. The van der Waals surface area contributed by atoms with Crippen LogP contribution in [0.5, 0.6) is 28.7 Å². The monoisotopic (exact) mass is 497 g/mol. The van der Waals surface area contributed by atoms with E-state index in [-0.39, 0.29) is 48.7 Å². The molecule has 1 heterocycles. The predicted molar refractivity (Wildman–Crippen MR) is 128 cm³/mol. The van der Waals surface area contributed by atoms with Crippen LogP contribution in [0.2, 0.25) is 0 Å². The first-order valence-corrected chi connectivity index (χ1v) is 11.9. The Morgan fingerprint density at radius 3 is 1.89 bits per heavy atom. The van der Waals surface area contributed by atoms with Crippen molar-refractivity contribution in [3.63, 3.8) is 0 Å². The maximum atomic E-state index is 12.0. The fourth-order valence-electron chi connectivity index (χ4n) is 3.32. The zero-order valence-electron chi connectivity index (χ0n) is 20.8. The van der Waals surface area contributed by atoms with Gasteiger partial charge in [-0.15, -0.1) is 0 Å². The molecule has 0 fully saturated rings. The van der Waals surface area contributed by atoms with Crippen LogP contribution in [0.1, 0.15) is 70.6 Å². The van der Waals surface area contributed by atoms with Crippen molar-refractivity contribution < 1.29 is 42.9 Å². The van der Waals surface area contributed by atoms with Crippen LogP contribution < -0.4 is 23.7 Å². The topological polar surface area (TPSA) is 114 Å². The first-order chi connectivity index (χ1) is 17.3. The number of fused-ring (bicyclic) bond motifs is 1. The van der Waals surface area contributed by atoms with Crippen LogP contribution in [-0.4, -0.2) is 23.9 Å². The van der Waals surface area contributed by atoms with Gasteiger partial charge in [-0.3, -0.25) is 19.2 Å². The molecule has 1 atom stereocenters. The molecule has 0 N–H and O–H groups in total. The molecule has 9 heteroatoms. The molecular formula is C27H29O9. The maximum Gasteiger partial charge on any atom is 0.311 e. The summed E-state index contributed by atoms with van der Waals surface area (Å²) in [4.78, 5) is 47.6. The van der Waals surface area contributed by atoms with Crippen LogP contribution in [0.3, 0.4) is 0 Å². The minimum Gasteiger partial charge on any atom is -0.485 e. The molecule has 2 aromatic rings. The van der Waals surface area contributed by atoms with Crippen molar-refractivity contribution in [2.75, 3.05) is 0 Å². The summed E-state index contributed by atoms with van der Waals surface area (Å²) < 4.78 is 27.7. The molecule has 0 unspecified atom stereocenters. The molecule has 36 heavy (non-hydrogen) atoms. The van der Waals surface area contributed by atoms with E-state index in [0.29, 0.717) is 23.3 Å². The number of carbonyl (C=O) groups is 4. The highest BCUT2D eigenvalue weighted by Gasteiger charge is 2.28. The van der Waals surface area contributed by atoms with E-state index in [1.807, 2.05) is 6.42 Å². The van der Waals surface area contributed by atoms with Gasteiger partial charge in [0.25, 0.3) is 0 Å². The van der Waals surface area contributed by atoms with E-state index < -0.39 is 30.0 Å². The number of hydrogen-bond acceptors (Lipinski definition) is 9. The van der Waals surface area contributed by atoms with E-state index in [1.54, 1.807) is 52.0 Å². The van der Waals surface area contributed by atoms with Gasteiger partial charge in [0.1, 0.15) is 23.4 Å². The lowest BCUT2D eigenvalue weighted by Gasteiger charge is -2.28. The first kappa shape index (κ1) is 26.7. The second-order valence-electron chi connectivity index (χ2n) is 7.89. The van der Waals surface area contributed by atoms with Crippen LogP contribution >= 0.6 is 0 Å². The normalized spacial score (nSPS) is 14.2. The Morgan fingerprint density at radius 2 is 1.28 bits per heavy atom. The molecule has 9 nitrogen and oxygen atoms in total. The molecule has 1 aliphatic heterocycles. The van der Waals surface area contributed by atoms with Crippen molar-refractivity contribution in [2.45, 2.75) is 65.9 Å². The quantitative estimate of drug-likeness (QED) is 0.355. The zero-order chi connectivity index (χ0) is 26.2. The molecule has 0 saturated carbocycles. The Bertz CT molecular complexity index is 1150. The predicted octanol–water partition coefficient (Wildman–Crippen LogP) is 4.83. The van der Waals surface area contributed by atoms with Crippen LogP contribution in [0.4, 0.5) is 0 Å². The fourth-order valence-corrected chi connectivity index (χ4v) is 3.32. The Kier molecular flexibility index (Phi) is 9.05. The van der Waals surface area contributed by atoms with Gasteiger partial charge in [0, 0.05) is 49.8 Å². The van der Waals surface area contributed by atoms with Crippen LogP contribution in [0.15, 0.2) is 30.3 Å². The third-order valence-corrected chi connectivity index (χ3v) is 5.29. The Hall–Kier alpha value is -3.88. The number of carbonyl (C=O) groups excluding carboxylic acids is 4. The molecule has 1 aliphatic rings. The van der Waals surface area contributed by atoms with E-state index >= 15 is 0 Å². The maximum absolute atomic E-state index is 12.0. The van der Waals surface area contributed by atoms with E-state index in [4.69, 9.17) is 23.7 Å². The molecule has 0 bridgehead atoms. The number of esters is 4. The first-order valence-electron chi connectivity index (χ1n) is 11.9. The highest BCUT2D eigenvalue weighted by Crippen LogP contribution is 2.43. The van der Waals surface area contributed by atoms with Crippen molar-refractivity contribution in [1.29, 1.82) is 0 Å². The SMILES string of the molecule is CCC(=O)Oc1cc(OC(=O)CC)c2c(c1)O[C@@H](c1ccc(OC(=O)CC)c(OC(=O)CC)c1)[CH]C2. The molecule has 0 saturated heterocycles. The van der Waals surface area contributed by atoms with E-state index in [2.05, 4.69) is 0 Å². The van der Waals surface area contributed by atoms with Gasteiger partial charge in [0.05, 0.1) is 0 Å². The minimum absolute atomic E-state index is 0.104. The lowest BCUT2D eigenvalue weighted by atomic mass is 9.96. The molecule has 0 spiro atoms. The van der Waals surface area contributed by atoms with Gasteiger partial charge in [-0.25, -0.2) is 0 Å². The van der Waals surface area contributed by atoms with Gasteiger partial charge in [-0.1, -0.05) is 33.8 Å². The summed E-state index contributed by atoms with van der Waals surface area (Å²) in [6.45, 7) is 6.67. The van der Waals surface area contributed by atoms with E-state index in [9.17, 15) is 19.2 Å². The smallest absolute Gasteiger partial charge is 0.311 e. The van der Waals surface area contributed by atoms with Crippen molar-refractivity contribution in [2.24, 2.45) is 0 Å². The average Bonchev–Trinajstić information content (AvgIpc) is 2.88.